The fourth-order valence-electron chi connectivity index (χ4n) is 2.24. The van der Waals surface area contributed by atoms with Gasteiger partial charge in [-0.2, -0.15) is 0 Å². The van der Waals surface area contributed by atoms with Gasteiger partial charge in [0, 0.05) is 32.8 Å². The van der Waals surface area contributed by atoms with Crippen molar-refractivity contribution in [2.45, 2.75) is 33.7 Å². The van der Waals surface area contributed by atoms with Crippen LogP contribution in [0.2, 0.25) is 0 Å². The minimum atomic E-state index is -0.218. The monoisotopic (exact) mass is 324 g/mol. The summed E-state index contributed by atoms with van der Waals surface area (Å²) in [6.45, 7) is 10.1. The third kappa shape index (κ3) is 6.86. The molecule has 0 heterocycles. The number of anilines is 1. The maximum absolute atomic E-state index is 14.2. The van der Waals surface area contributed by atoms with Crippen molar-refractivity contribution < 1.29 is 9.13 Å². The molecule has 0 spiro atoms. The lowest BCUT2D eigenvalue weighted by molar-refractivity contribution is 0.145. The summed E-state index contributed by atoms with van der Waals surface area (Å²) < 4.78 is 19.4. The predicted molar refractivity (Wildman–Crippen MR) is 94.4 cm³/mol. The summed E-state index contributed by atoms with van der Waals surface area (Å²) in [6, 6.07) is 5.22. The Morgan fingerprint density at radius 1 is 1.30 bits per heavy atom. The van der Waals surface area contributed by atoms with Crippen LogP contribution in [0.25, 0.3) is 0 Å². The zero-order chi connectivity index (χ0) is 17.1. The molecule has 0 saturated carbocycles. The van der Waals surface area contributed by atoms with Crippen LogP contribution in [-0.2, 0) is 11.3 Å². The predicted octanol–water partition coefficient (Wildman–Crippen LogP) is 2.50. The number of guanidine groups is 1. The summed E-state index contributed by atoms with van der Waals surface area (Å²) >= 11 is 0. The molecule has 3 N–H and O–H groups in total. The number of halogens is 1. The summed E-state index contributed by atoms with van der Waals surface area (Å²) in [5.74, 6) is 0.152. The number of nitrogens with one attached hydrogen (secondary N) is 1. The molecule has 0 saturated heterocycles. The minimum absolute atomic E-state index is 0.218. The first kappa shape index (κ1) is 19.2. The van der Waals surface area contributed by atoms with Crippen molar-refractivity contribution in [3.05, 3.63) is 29.6 Å². The van der Waals surface area contributed by atoms with E-state index in [1.54, 1.807) is 6.07 Å². The molecular weight excluding hydrogens is 295 g/mol. The molecule has 5 nitrogen and oxygen atoms in total. The highest BCUT2D eigenvalue weighted by Gasteiger charge is 2.08. The lowest BCUT2D eigenvalue weighted by Gasteiger charge is -2.21. The zero-order valence-corrected chi connectivity index (χ0v) is 14.4. The van der Waals surface area contributed by atoms with Gasteiger partial charge in [-0.25, -0.2) is 9.38 Å². The standard InChI is InChI=1S/C17H29FN4O/c1-4-22(5-2)16-9-8-14(12-15(16)18)13-21-17(19)20-10-7-11-23-6-3/h8-9,12H,4-7,10-11,13H2,1-3H3,(H3,19,20,21). The van der Waals surface area contributed by atoms with E-state index < -0.39 is 0 Å². The van der Waals surface area contributed by atoms with Gasteiger partial charge in [0.25, 0.3) is 0 Å². The molecule has 0 unspecified atom stereocenters. The van der Waals surface area contributed by atoms with Crippen molar-refractivity contribution >= 4 is 11.6 Å². The van der Waals surface area contributed by atoms with E-state index in [1.807, 2.05) is 31.7 Å². The maximum atomic E-state index is 14.2. The molecule has 1 aromatic rings. The van der Waals surface area contributed by atoms with Gasteiger partial charge in [0.05, 0.1) is 12.2 Å². The second kappa shape index (κ2) is 10.8. The van der Waals surface area contributed by atoms with E-state index in [9.17, 15) is 4.39 Å². The molecule has 1 rings (SSSR count). The van der Waals surface area contributed by atoms with Crippen molar-refractivity contribution in [1.82, 2.24) is 5.32 Å². The first-order chi connectivity index (χ1) is 11.1. The molecular formula is C17H29FN4O. The van der Waals surface area contributed by atoms with Gasteiger partial charge in [0.15, 0.2) is 5.96 Å². The Balaban J connectivity index is 2.51. The van der Waals surface area contributed by atoms with Gasteiger partial charge in [-0.05, 0) is 44.9 Å². The van der Waals surface area contributed by atoms with Crippen molar-refractivity contribution in [3.8, 4) is 0 Å². The molecule has 0 aromatic heterocycles. The lowest BCUT2D eigenvalue weighted by Crippen LogP contribution is -2.32. The molecule has 0 aliphatic rings. The average molecular weight is 324 g/mol. The van der Waals surface area contributed by atoms with Gasteiger partial charge in [-0.3, -0.25) is 0 Å². The highest BCUT2D eigenvalue weighted by Crippen LogP contribution is 2.20. The van der Waals surface area contributed by atoms with E-state index in [4.69, 9.17) is 10.5 Å². The number of nitrogens with two attached hydrogens (primary N) is 1. The third-order valence-electron chi connectivity index (χ3n) is 3.52. The number of nitrogens with zero attached hydrogens (tertiary/aromatic N) is 2. The van der Waals surface area contributed by atoms with E-state index in [0.29, 0.717) is 31.3 Å². The summed E-state index contributed by atoms with van der Waals surface area (Å²) in [4.78, 5) is 6.21. The Kier molecular flexibility index (Phi) is 9.05. The molecule has 0 bridgehead atoms. The molecule has 1 aromatic carbocycles. The Morgan fingerprint density at radius 3 is 2.65 bits per heavy atom. The molecule has 6 heteroatoms. The number of rotatable bonds is 10. The zero-order valence-electron chi connectivity index (χ0n) is 14.4. The van der Waals surface area contributed by atoms with Crippen LogP contribution in [0, 0.1) is 5.82 Å². The number of ether oxygens (including phenoxy) is 1. The van der Waals surface area contributed by atoms with Crippen molar-refractivity contribution in [3.63, 3.8) is 0 Å². The quantitative estimate of drug-likeness (QED) is 0.394. The van der Waals surface area contributed by atoms with Gasteiger partial charge in [-0.1, -0.05) is 6.07 Å². The van der Waals surface area contributed by atoms with E-state index >= 15 is 0 Å². The summed E-state index contributed by atoms with van der Waals surface area (Å²) in [5.41, 5.74) is 7.22. The normalized spacial score (nSPS) is 11.6. The fourth-order valence-corrected chi connectivity index (χ4v) is 2.24. The second-order valence-electron chi connectivity index (χ2n) is 5.14. The molecule has 0 aliphatic carbocycles. The van der Waals surface area contributed by atoms with E-state index in [2.05, 4.69) is 10.3 Å². The van der Waals surface area contributed by atoms with Crippen LogP contribution in [0.5, 0.6) is 0 Å². The first-order valence-electron chi connectivity index (χ1n) is 8.27. The van der Waals surface area contributed by atoms with Crippen molar-refractivity contribution in [2.75, 3.05) is 37.7 Å². The number of hydrogen-bond donors (Lipinski definition) is 2. The van der Waals surface area contributed by atoms with Gasteiger partial charge >= 0.3 is 0 Å². The molecule has 0 atom stereocenters. The lowest BCUT2D eigenvalue weighted by atomic mass is 10.2. The Labute approximate surface area is 138 Å². The fraction of sp³-hybridized carbons (Fsp3) is 0.588. The molecule has 0 aliphatic heterocycles. The highest BCUT2D eigenvalue weighted by molar-refractivity contribution is 5.77. The summed E-state index contributed by atoms with van der Waals surface area (Å²) in [7, 11) is 0. The molecule has 130 valence electrons. The van der Waals surface area contributed by atoms with Gasteiger partial charge in [-0.15, -0.1) is 0 Å². The van der Waals surface area contributed by atoms with E-state index in [1.165, 1.54) is 6.07 Å². The highest BCUT2D eigenvalue weighted by atomic mass is 19.1. The smallest absolute Gasteiger partial charge is 0.188 e. The number of hydrogen-bond acceptors (Lipinski definition) is 3. The van der Waals surface area contributed by atoms with E-state index in [-0.39, 0.29) is 5.82 Å². The number of aliphatic imine (C=N–C) groups is 1. The largest absolute Gasteiger partial charge is 0.382 e. The topological polar surface area (TPSA) is 62.9 Å². The first-order valence-corrected chi connectivity index (χ1v) is 8.27. The molecule has 0 amide bonds. The SMILES string of the molecule is CCOCCCNC(N)=NCc1ccc(N(CC)CC)c(F)c1. The van der Waals surface area contributed by atoms with Gasteiger partial charge < -0.3 is 20.7 Å². The van der Waals surface area contributed by atoms with E-state index in [0.717, 1.165) is 31.7 Å². The van der Waals surface area contributed by atoms with Crippen LogP contribution in [0.15, 0.2) is 23.2 Å². The number of benzene rings is 1. The average Bonchev–Trinajstić information content (AvgIpc) is 2.55. The Hall–Kier alpha value is -1.82. The summed E-state index contributed by atoms with van der Waals surface area (Å²) in [6.07, 6.45) is 0.872. The van der Waals surface area contributed by atoms with Crippen LogP contribution < -0.4 is 16.0 Å². The Bertz CT molecular complexity index is 489. The van der Waals surface area contributed by atoms with Gasteiger partial charge in [0.2, 0.25) is 0 Å². The third-order valence-corrected chi connectivity index (χ3v) is 3.52. The van der Waals surface area contributed by atoms with Gasteiger partial charge in [0.1, 0.15) is 5.82 Å². The minimum Gasteiger partial charge on any atom is -0.382 e. The second-order valence-corrected chi connectivity index (χ2v) is 5.14. The van der Waals surface area contributed by atoms with Crippen LogP contribution in [0.4, 0.5) is 10.1 Å². The van der Waals surface area contributed by atoms with Crippen LogP contribution in [0.1, 0.15) is 32.8 Å². The van der Waals surface area contributed by atoms with Crippen LogP contribution >= 0.6 is 0 Å². The Morgan fingerprint density at radius 2 is 2.04 bits per heavy atom. The van der Waals surface area contributed by atoms with Crippen LogP contribution in [-0.4, -0.2) is 38.8 Å². The van der Waals surface area contributed by atoms with Crippen molar-refractivity contribution in [1.29, 1.82) is 0 Å². The summed E-state index contributed by atoms with van der Waals surface area (Å²) in [5, 5.41) is 3.02. The molecule has 0 radical (unpaired) electrons. The molecule has 0 fully saturated rings. The van der Waals surface area contributed by atoms with Crippen LogP contribution in [0.3, 0.4) is 0 Å². The maximum Gasteiger partial charge on any atom is 0.188 e. The molecule has 23 heavy (non-hydrogen) atoms. The van der Waals surface area contributed by atoms with Crippen molar-refractivity contribution in [2.24, 2.45) is 10.7 Å².